The van der Waals surface area contributed by atoms with Gasteiger partial charge in [-0.15, -0.1) is 0 Å². The van der Waals surface area contributed by atoms with Crippen molar-refractivity contribution in [2.45, 2.75) is 38.7 Å². The average molecular weight is 200 g/mol. The first kappa shape index (κ1) is 11.0. The zero-order valence-electron chi connectivity index (χ0n) is 8.29. The van der Waals surface area contributed by atoms with Gasteiger partial charge in [-0.3, -0.25) is 14.4 Å². The first-order valence-corrected chi connectivity index (χ1v) is 4.83. The van der Waals surface area contributed by atoms with Crippen LogP contribution in [-0.4, -0.2) is 17.9 Å². The lowest BCUT2D eigenvalue weighted by Crippen LogP contribution is -2.41. The molecule has 0 radical (unpaired) electrons. The van der Waals surface area contributed by atoms with Gasteiger partial charge in [0, 0.05) is 6.92 Å². The van der Waals surface area contributed by atoms with E-state index in [2.05, 4.69) is 5.48 Å². The van der Waals surface area contributed by atoms with Gasteiger partial charge in [0.1, 0.15) is 0 Å². The number of amides is 2. The van der Waals surface area contributed by atoms with Gasteiger partial charge >= 0.3 is 0 Å². The van der Waals surface area contributed by atoms with E-state index in [4.69, 9.17) is 10.6 Å². The zero-order chi connectivity index (χ0) is 10.6. The molecule has 0 spiro atoms. The smallest absolute Gasteiger partial charge is 0.240 e. The van der Waals surface area contributed by atoms with Crippen LogP contribution in [0.5, 0.6) is 0 Å². The number of nitrogens with two attached hydrogens (primary N) is 1. The monoisotopic (exact) mass is 200 g/mol. The van der Waals surface area contributed by atoms with Crippen molar-refractivity contribution in [3.8, 4) is 0 Å². The van der Waals surface area contributed by atoms with Crippen molar-refractivity contribution in [2.24, 2.45) is 11.7 Å². The fourth-order valence-corrected chi connectivity index (χ4v) is 1.72. The van der Waals surface area contributed by atoms with Gasteiger partial charge < -0.3 is 5.73 Å². The predicted molar refractivity (Wildman–Crippen MR) is 49.8 cm³/mol. The van der Waals surface area contributed by atoms with Crippen LogP contribution in [-0.2, 0) is 14.4 Å². The van der Waals surface area contributed by atoms with Gasteiger partial charge in [-0.2, -0.15) is 0 Å². The summed E-state index contributed by atoms with van der Waals surface area (Å²) < 4.78 is 0. The Morgan fingerprint density at radius 3 is 2.57 bits per heavy atom. The second-order valence-electron chi connectivity index (χ2n) is 3.61. The highest BCUT2D eigenvalue weighted by Gasteiger charge is 2.30. The molecule has 0 unspecified atom stereocenters. The van der Waals surface area contributed by atoms with Crippen LogP contribution in [0, 0.1) is 5.92 Å². The van der Waals surface area contributed by atoms with Crippen molar-refractivity contribution in [1.29, 1.82) is 0 Å². The van der Waals surface area contributed by atoms with Crippen molar-refractivity contribution < 1.29 is 14.4 Å². The topological polar surface area (TPSA) is 81.4 Å². The van der Waals surface area contributed by atoms with Gasteiger partial charge in [0.05, 0.1) is 12.0 Å². The summed E-state index contributed by atoms with van der Waals surface area (Å²) in [7, 11) is 0. The maximum absolute atomic E-state index is 11.0. The Hall–Kier alpha value is -1.10. The van der Waals surface area contributed by atoms with Crippen LogP contribution in [0.25, 0.3) is 0 Å². The van der Waals surface area contributed by atoms with E-state index in [1.165, 1.54) is 6.92 Å². The summed E-state index contributed by atoms with van der Waals surface area (Å²) in [6, 6.07) is 0. The lowest BCUT2D eigenvalue weighted by molar-refractivity contribution is -0.148. The van der Waals surface area contributed by atoms with Crippen LogP contribution in [0.2, 0.25) is 0 Å². The standard InChI is InChI=1S/C9H16N2O3/c1-6(12)11-14-8-5-3-2-4-7(8)9(10)13/h7-8H,2-5H2,1H3,(H2,10,13)(H,11,12)/t7-,8-/m1/s1. The van der Waals surface area contributed by atoms with Crippen LogP contribution >= 0.6 is 0 Å². The molecular weight excluding hydrogens is 184 g/mol. The second kappa shape index (κ2) is 4.95. The summed E-state index contributed by atoms with van der Waals surface area (Å²) in [6.45, 7) is 1.36. The van der Waals surface area contributed by atoms with E-state index in [0.29, 0.717) is 0 Å². The SMILES string of the molecule is CC(=O)NO[C@@H]1CCCC[C@H]1C(N)=O. The Labute approximate surface area is 82.9 Å². The summed E-state index contributed by atoms with van der Waals surface area (Å²) >= 11 is 0. The van der Waals surface area contributed by atoms with E-state index in [-0.39, 0.29) is 23.8 Å². The number of hydroxylamine groups is 1. The van der Waals surface area contributed by atoms with Crippen molar-refractivity contribution in [2.75, 3.05) is 0 Å². The molecule has 1 fully saturated rings. The molecule has 0 bridgehead atoms. The van der Waals surface area contributed by atoms with Gasteiger partial charge in [-0.1, -0.05) is 12.8 Å². The molecule has 3 N–H and O–H groups in total. The van der Waals surface area contributed by atoms with Gasteiger partial charge in [-0.25, -0.2) is 5.48 Å². The summed E-state index contributed by atoms with van der Waals surface area (Å²) in [6.07, 6.45) is 3.26. The van der Waals surface area contributed by atoms with Crippen LogP contribution in [0.1, 0.15) is 32.6 Å². The van der Waals surface area contributed by atoms with E-state index in [1.807, 2.05) is 0 Å². The Morgan fingerprint density at radius 2 is 2.00 bits per heavy atom. The fourth-order valence-electron chi connectivity index (χ4n) is 1.72. The van der Waals surface area contributed by atoms with Crippen LogP contribution < -0.4 is 11.2 Å². The second-order valence-corrected chi connectivity index (χ2v) is 3.61. The number of carbonyl (C=O) groups excluding carboxylic acids is 2. The van der Waals surface area contributed by atoms with Crippen LogP contribution in [0.4, 0.5) is 0 Å². The molecular formula is C9H16N2O3. The Bertz CT molecular complexity index is 230. The number of primary amides is 1. The van der Waals surface area contributed by atoms with E-state index >= 15 is 0 Å². The molecule has 5 nitrogen and oxygen atoms in total. The first-order chi connectivity index (χ1) is 6.61. The molecule has 14 heavy (non-hydrogen) atoms. The molecule has 80 valence electrons. The molecule has 0 heterocycles. The minimum Gasteiger partial charge on any atom is -0.369 e. The lowest BCUT2D eigenvalue weighted by Gasteiger charge is -2.28. The predicted octanol–water partition coefficient (Wildman–Crippen LogP) is 0.0982. The number of hydrogen-bond acceptors (Lipinski definition) is 3. The van der Waals surface area contributed by atoms with Crippen molar-refractivity contribution in [1.82, 2.24) is 5.48 Å². The number of hydrogen-bond donors (Lipinski definition) is 2. The van der Waals surface area contributed by atoms with Crippen LogP contribution in [0.3, 0.4) is 0 Å². The summed E-state index contributed by atoms with van der Waals surface area (Å²) in [4.78, 5) is 26.8. The van der Waals surface area contributed by atoms with Gasteiger partial charge in [0.25, 0.3) is 0 Å². The molecule has 2 atom stereocenters. The Kier molecular flexibility index (Phi) is 3.88. The highest BCUT2D eigenvalue weighted by molar-refractivity contribution is 5.77. The number of nitrogens with one attached hydrogen (secondary N) is 1. The Morgan fingerprint density at radius 1 is 1.36 bits per heavy atom. The molecule has 0 aromatic heterocycles. The quantitative estimate of drug-likeness (QED) is 0.634. The molecule has 2 amide bonds. The maximum atomic E-state index is 11.0. The molecule has 5 heteroatoms. The minimum absolute atomic E-state index is 0.259. The summed E-state index contributed by atoms with van der Waals surface area (Å²) in [5, 5.41) is 0. The third kappa shape index (κ3) is 2.99. The van der Waals surface area contributed by atoms with Gasteiger partial charge in [0.2, 0.25) is 11.8 Å². The summed E-state index contributed by atoms with van der Waals surface area (Å²) in [5.41, 5.74) is 7.49. The van der Waals surface area contributed by atoms with E-state index < -0.39 is 0 Å². The normalized spacial score (nSPS) is 26.9. The molecule has 1 aliphatic rings. The molecule has 0 aromatic rings. The number of rotatable bonds is 3. The zero-order valence-corrected chi connectivity index (χ0v) is 8.29. The van der Waals surface area contributed by atoms with Gasteiger partial charge in [-0.05, 0) is 12.8 Å². The maximum Gasteiger partial charge on any atom is 0.240 e. The van der Waals surface area contributed by atoms with E-state index in [1.54, 1.807) is 0 Å². The summed E-state index contributed by atoms with van der Waals surface area (Å²) in [5.74, 6) is -0.880. The molecule has 1 aliphatic carbocycles. The number of carbonyl (C=O) groups is 2. The lowest BCUT2D eigenvalue weighted by atomic mass is 9.86. The largest absolute Gasteiger partial charge is 0.369 e. The first-order valence-electron chi connectivity index (χ1n) is 4.83. The van der Waals surface area contributed by atoms with Crippen LogP contribution in [0.15, 0.2) is 0 Å². The minimum atomic E-state index is -0.347. The Balaban J connectivity index is 2.45. The molecule has 0 aromatic carbocycles. The fraction of sp³-hybridized carbons (Fsp3) is 0.778. The highest BCUT2D eigenvalue weighted by atomic mass is 16.7. The average Bonchev–Trinajstić information content (AvgIpc) is 2.15. The third-order valence-electron chi connectivity index (χ3n) is 2.42. The molecule has 1 saturated carbocycles. The highest BCUT2D eigenvalue weighted by Crippen LogP contribution is 2.25. The van der Waals surface area contributed by atoms with Crippen molar-refractivity contribution in [3.63, 3.8) is 0 Å². The molecule has 0 saturated heterocycles. The molecule has 0 aliphatic heterocycles. The third-order valence-corrected chi connectivity index (χ3v) is 2.42. The molecule has 1 rings (SSSR count). The van der Waals surface area contributed by atoms with Gasteiger partial charge in [0.15, 0.2) is 0 Å². The van der Waals surface area contributed by atoms with E-state index in [9.17, 15) is 9.59 Å². The van der Waals surface area contributed by atoms with Crippen molar-refractivity contribution >= 4 is 11.8 Å². The van der Waals surface area contributed by atoms with Crippen molar-refractivity contribution in [3.05, 3.63) is 0 Å². The van der Waals surface area contributed by atoms with E-state index in [0.717, 1.165) is 25.7 Å².